The molecule has 42 heavy (non-hydrogen) atoms. The summed E-state index contributed by atoms with van der Waals surface area (Å²) in [5.41, 5.74) is 0.643. The number of nitrogens with one attached hydrogen (secondary N) is 3. The Morgan fingerprint density at radius 3 is 2.55 bits per heavy atom. The Labute approximate surface area is 242 Å². The number of alkyl halides is 1. The molecule has 0 saturated carbocycles. The van der Waals surface area contributed by atoms with Crippen LogP contribution in [0.1, 0.15) is 44.0 Å². The van der Waals surface area contributed by atoms with Crippen molar-refractivity contribution in [2.75, 3.05) is 29.8 Å². The van der Waals surface area contributed by atoms with E-state index >= 15 is 4.39 Å². The quantitative estimate of drug-likeness (QED) is 0.258. The summed E-state index contributed by atoms with van der Waals surface area (Å²) in [6.45, 7) is 6.00. The van der Waals surface area contributed by atoms with Gasteiger partial charge in [-0.25, -0.2) is 22.8 Å². The average Bonchev–Trinajstić information content (AvgIpc) is 2.97. The van der Waals surface area contributed by atoms with Crippen LogP contribution in [0.4, 0.5) is 20.4 Å². The first-order chi connectivity index (χ1) is 20.1. The van der Waals surface area contributed by atoms with Gasteiger partial charge in [-0.3, -0.25) is 18.5 Å². The van der Waals surface area contributed by atoms with E-state index in [4.69, 9.17) is 0 Å². The van der Waals surface area contributed by atoms with Crippen LogP contribution in [0.15, 0.2) is 59.5 Å². The lowest BCUT2D eigenvalue weighted by Crippen LogP contribution is -2.44. The fraction of sp³-hybridized carbons (Fsp3) is 0.379. The molecule has 3 atom stereocenters. The summed E-state index contributed by atoms with van der Waals surface area (Å²) < 4.78 is 58.1. The van der Waals surface area contributed by atoms with Gasteiger partial charge in [-0.2, -0.15) is 4.98 Å². The van der Waals surface area contributed by atoms with E-state index in [9.17, 15) is 17.6 Å². The molecule has 1 saturated heterocycles. The standard InChI is InChI=1S/C29H33F2N7O3S/c1-17(2)38-27-25(16-33-29(36-27)34-22-11-19(13-30)14-32-15-22)35-26(28(38)39)21-9-10-24(23(31)12-21)37-42(40,41)18(3)20-7-5-4-6-8-20/h4-10,12,16-19,22,32,37H,11,13-15H2,1-3H3,(H,33,34,36)/t18?,19-,22-/m0/s1. The van der Waals surface area contributed by atoms with E-state index < -0.39 is 33.3 Å². The van der Waals surface area contributed by atoms with E-state index in [1.165, 1.54) is 29.8 Å². The summed E-state index contributed by atoms with van der Waals surface area (Å²) in [5.74, 6) is -0.647. The SMILES string of the molecule is CC(C)n1c(=O)c(-c2ccc(NS(=O)(=O)C(C)c3ccccc3)c(F)c2)nc2cnc(N[C@@H]3CNC[C@H](CF)C3)nc21. The molecule has 3 heterocycles. The molecule has 0 amide bonds. The van der Waals surface area contributed by atoms with Gasteiger partial charge in [-0.05, 0) is 44.9 Å². The normalized spacial score (nSPS) is 18.2. The summed E-state index contributed by atoms with van der Waals surface area (Å²) in [6, 6.07) is 12.0. The molecule has 1 fully saturated rings. The molecule has 5 rings (SSSR count). The van der Waals surface area contributed by atoms with Gasteiger partial charge < -0.3 is 10.6 Å². The van der Waals surface area contributed by atoms with Crippen LogP contribution in [-0.2, 0) is 10.0 Å². The maximum atomic E-state index is 15.2. The monoisotopic (exact) mass is 597 g/mol. The lowest BCUT2D eigenvalue weighted by atomic mass is 9.97. The molecule has 222 valence electrons. The first-order valence-electron chi connectivity index (χ1n) is 13.8. The highest BCUT2D eigenvalue weighted by Crippen LogP contribution is 2.28. The zero-order valence-corrected chi connectivity index (χ0v) is 24.3. The first kappa shape index (κ1) is 29.5. The van der Waals surface area contributed by atoms with E-state index in [1.807, 2.05) is 13.8 Å². The fourth-order valence-corrected chi connectivity index (χ4v) is 6.23. The van der Waals surface area contributed by atoms with Crippen molar-refractivity contribution in [1.82, 2.24) is 24.8 Å². The lowest BCUT2D eigenvalue weighted by Gasteiger charge is -2.29. The number of anilines is 2. The third-order valence-electron chi connectivity index (χ3n) is 7.37. The Balaban J connectivity index is 1.45. The predicted octanol–water partition coefficient (Wildman–Crippen LogP) is 4.44. The van der Waals surface area contributed by atoms with Crippen LogP contribution in [-0.4, -0.2) is 53.7 Å². The number of nitrogens with zero attached hydrogens (tertiary/aromatic N) is 4. The van der Waals surface area contributed by atoms with Crippen molar-refractivity contribution in [2.24, 2.45) is 5.92 Å². The molecule has 1 aliphatic heterocycles. The minimum atomic E-state index is -3.96. The Kier molecular flexibility index (Phi) is 8.50. The van der Waals surface area contributed by atoms with E-state index in [2.05, 4.69) is 30.3 Å². The largest absolute Gasteiger partial charge is 0.350 e. The van der Waals surface area contributed by atoms with Crippen LogP contribution in [0.25, 0.3) is 22.4 Å². The highest BCUT2D eigenvalue weighted by molar-refractivity contribution is 7.92. The maximum absolute atomic E-state index is 15.2. The summed E-state index contributed by atoms with van der Waals surface area (Å²) in [7, 11) is -3.96. The van der Waals surface area contributed by atoms with Gasteiger partial charge in [0.15, 0.2) is 5.65 Å². The van der Waals surface area contributed by atoms with E-state index in [0.29, 0.717) is 42.2 Å². The van der Waals surface area contributed by atoms with Gasteiger partial charge in [0.1, 0.15) is 22.3 Å². The van der Waals surface area contributed by atoms with Gasteiger partial charge in [-0.1, -0.05) is 36.4 Å². The van der Waals surface area contributed by atoms with Crippen molar-refractivity contribution in [2.45, 2.75) is 44.5 Å². The molecule has 1 unspecified atom stereocenters. The van der Waals surface area contributed by atoms with Gasteiger partial charge in [0.2, 0.25) is 16.0 Å². The number of hydrogen-bond acceptors (Lipinski definition) is 8. The second kappa shape index (κ2) is 12.1. The maximum Gasteiger partial charge on any atom is 0.278 e. The molecular weight excluding hydrogens is 564 g/mol. The van der Waals surface area contributed by atoms with E-state index in [1.54, 1.807) is 30.3 Å². The van der Waals surface area contributed by atoms with Crippen LogP contribution in [0.5, 0.6) is 0 Å². The van der Waals surface area contributed by atoms with Crippen molar-refractivity contribution in [3.63, 3.8) is 0 Å². The summed E-state index contributed by atoms with van der Waals surface area (Å²) in [5, 5.41) is 5.50. The second-order valence-corrected chi connectivity index (χ2v) is 12.8. The first-order valence-corrected chi connectivity index (χ1v) is 15.3. The Morgan fingerprint density at radius 1 is 1.10 bits per heavy atom. The smallest absolute Gasteiger partial charge is 0.278 e. The van der Waals surface area contributed by atoms with E-state index in [-0.39, 0.29) is 34.9 Å². The van der Waals surface area contributed by atoms with Crippen LogP contribution in [0.3, 0.4) is 0 Å². The number of halogens is 2. The summed E-state index contributed by atoms with van der Waals surface area (Å²) in [4.78, 5) is 27.0. The topological polar surface area (TPSA) is 131 Å². The second-order valence-electron chi connectivity index (χ2n) is 10.8. The number of fused-ring (bicyclic) bond motifs is 1. The number of piperidine rings is 1. The van der Waals surface area contributed by atoms with Crippen molar-refractivity contribution < 1.29 is 17.2 Å². The molecule has 10 nitrogen and oxygen atoms in total. The Morgan fingerprint density at radius 2 is 1.86 bits per heavy atom. The number of rotatable bonds is 9. The summed E-state index contributed by atoms with van der Waals surface area (Å²) >= 11 is 0. The highest BCUT2D eigenvalue weighted by atomic mass is 32.2. The fourth-order valence-electron chi connectivity index (χ4n) is 5.07. The molecule has 0 bridgehead atoms. The zero-order chi connectivity index (χ0) is 30.0. The Bertz CT molecular complexity index is 1750. The van der Waals surface area contributed by atoms with Gasteiger partial charge in [0, 0.05) is 36.7 Å². The van der Waals surface area contributed by atoms with Crippen molar-refractivity contribution in [1.29, 1.82) is 0 Å². The Hall–Kier alpha value is -3.97. The van der Waals surface area contributed by atoms with Crippen molar-refractivity contribution in [3.8, 4) is 11.3 Å². The lowest BCUT2D eigenvalue weighted by molar-refractivity contribution is 0.282. The molecule has 2 aromatic carbocycles. The molecular formula is C29H33F2N7O3S. The number of benzene rings is 2. The molecule has 0 radical (unpaired) electrons. The van der Waals surface area contributed by atoms with Crippen molar-refractivity contribution >= 4 is 32.8 Å². The molecule has 4 aromatic rings. The predicted molar refractivity (Wildman–Crippen MR) is 159 cm³/mol. The third-order valence-corrected chi connectivity index (χ3v) is 9.08. The van der Waals surface area contributed by atoms with Gasteiger partial charge >= 0.3 is 0 Å². The van der Waals surface area contributed by atoms with Gasteiger partial charge in [-0.15, -0.1) is 0 Å². The molecule has 3 N–H and O–H groups in total. The average molecular weight is 598 g/mol. The van der Waals surface area contributed by atoms with Gasteiger partial charge in [0.05, 0.1) is 18.6 Å². The van der Waals surface area contributed by atoms with Gasteiger partial charge in [0.25, 0.3) is 5.56 Å². The minimum absolute atomic E-state index is 0.0197. The van der Waals surface area contributed by atoms with Crippen LogP contribution in [0, 0.1) is 11.7 Å². The molecule has 1 aliphatic rings. The molecule has 13 heteroatoms. The molecule has 2 aromatic heterocycles. The van der Waals surface area contributed by atoms with Crippen LogP contribution >= 0.6 is 0 Å². The molecule has 0 aliphatic carbocycles. The van der Waals surface area contributed by atoms with Crippen LogP contribution < -0.4 is 20.9 Å². The van der Waals surface area contributed by atoms with Crippen molar-refractivity contribution in [3.05, 3.63) is 76.5 Å². The molecule has 0 spiro atoms. The number of sulfonamides is 1. The highest BCUT2D eigenvalue weighted by Gasteiger charge is 2.25. The van der Waals surface area contributed by atoms with Crippen LogP contribution in [0.2, 0.25) is 0 Å². The third kappa shape index (κ3) is 6.12. The minimum Gasteiger partial charge on any atom is -0.350 e. The summed E-state index contributed by atoms with van der Waals surface area (Å²) in [6.07, 6.45) is 2.11. The van der Waals surface area contributed by atoms with E-state index in [0.717, 1.165) is 6.07 Å². The zero-order valence-electron chi connectivity index (χ0n) is 23.5. The number of aromatic nitrogens is 4. The number of hydrogen-bond donors (Lipinski definition) is 3.